The summed E-state index contributed by atoms with van der Waals surface area (Å²) in [6.07, 6.45) is -1.79. The van der Waals surface area contributed by atoms with Gasteiger partial charge in [0.2, 0.25) is 52.7 Å². The maximum Gasteiger partial charge on any atom is 0.329 e. The number of carbonyl (C=O) groups excluding carboxylic acids is 12. The first kappa shape index (κ1) is 73.5. The number of likely N-dealkylation sites (N-methyl/N-ethyl adjacent to an activating group) is 4. The summed E-state index contributed by atoms with van der Waals surface area (Å²) in [5.74, 6) is -12.8. The quantitative estimate of drug-likeness (QED) is 0.0862. The van der Waals surface area contributed by atoms with Gasteiger partial charge in [-0.25, -0.2) is 14.6 Å². The van der Waals surface area contributed by atoms with Crippen molar-refractivity contribution < 1.29 is 76.2 Å². The molecule has 11 atom stereocenters. The van der Waals surface area contributed by atoms with E-state index in [1.807, 2.05) is 0 Å². The molecule has 1 unspecified atom stereocenters. The molecule has 7 rings (SSSR count). The van der Waals surface area contributed by atoms with Gasteiger partial charge in [0.25, 0.3) is 11.8 Å². The fourth-order valence-corrected chi connectivity index (χ4v) is 12.7. The average molecular weight is 1330 g/mol. The topological polar surface area (TPSA) is 395 Å². The molecule has 95 heavy (non-hydrogen) atoms. The van der Waals surface area contributed by atoms with E-state index in [9.17, 15) is 47.9 Å². The predicted octanol–water partition coefficient (Wildman–Crippen LogP) is 0.452. The number of anilines is 1. The maximum atomic E-state index is 15.5. The Kier molecular flexibility index (Phi) is 23.0. The molecule has 0 radical (unpaired) electrons. The first-order chi connectivity index (χ1) is 44.4. The standard InChI is InChI=1S/C65H93N13O17/c1-28(2)45-62(88)77-22-18-20-38(77)60(86)73(14)25-41(79)75(16)51(30(5)6)64(90)93-35(12)47(58(84)69-45)71-56(82)37-24-40(92-27-32(9)66)33(10)54-49(37)68-50-43(44(67)53(81)34(11)55(50)95-54)57(83)72-48-36(13)94-65(91)52(31(7)8)76(17)42(80)26-74(15)61(87)39-21-19-23-78(39)63(89)46(29(3)4)70-59(48)85/h24,28-32,35-36,38-39,45-48,51-52H,18-23,25-27,66-67H2,1-17H3,(H,69,84)(H,70,85)(H,71,82)(H,72,83)/t32?,35-,36-,38+,39+,45-,46-,47+,48+,51+,52+/m1/s1. The van der Waals surface area contributed by atoms with Crippen LogP contribution in [0.25, 0.3) is 22.6 Å². The van der Waals surface area contributed by atoms with E-state index in [4.69, 9.17) is 35.1 Å². The van der Waals surface area contributed by atoms with E-state index in [0.717, 1.165) is 9.80 Å². The second-order valence-electron chi connectivity index (χ2n) is 26.9. The molecular formula is C65H93N13O17. The van der Waals surface area contributed by atoms with E-state index in [0.29, 0.717) is 12.8 Å². The van der Waals surface area contributed by atoms with Crippen LogP contribution in [0.5, 0.6) is 5.75 Å². The van der Waals surface area contributed by atoms with Crippen molar-refractivity contribution in [2.75, 3.05) is 66.7 Å². The van der Waals surface area contributed by atoms with Crippen LogP contribution in [0.3, 0.4) is 0 Å². The number of amides is 10. The summed E-state index contributed by atoms with van der Waals surface area (Å²) in [5.41, 5.74) is 9.08. The highest BCUT2D eigenvalue weighted by atomic mass is 16.6. The molecule has 30 nitrogen and oxygen atoms in total. The van der Waals surface area contributed by atoms with Crippen LogP contribution in [0.1, 0.15) is 134 Å². The molecule has 0 bridgehead atoms. The minimum atomic E-state index is -1.92. The van der Waals surface area contributed by atoms with Gasteiger partial charge in [-0.2, -0.15) is 0 Å². The van der Waals surface area contributed by atoms with Gasteiger partial charge in [0.1, 0.15) is 84.1 Å². The van der Waals surface area contributed by atoms with Crippen molar-refractivity contribution >= 4 is 87.8 Å². The van der Waals surface area contributed by atoms with Gasteiger partial charge in [0.15, 0.2) is 11.3 Å². The monoisotopic (exact) mass is 1330 g/mol. The molecule has 1 aliphatic carbocycles. The molecule has 4 saturated heterocycles. The lowest BCUT2D eigenvalue weighted by Gasteiger charge is -2.36. The second-order valence-corrected chi connectivity index (χ2v) is 26.9. The Morgan fingerprint density at radius 1 is 0.642 bits per heavy atom. The van der Waals surface area contributed by atoms with Crippen molar-refractivity contribution in [1.82, 2.24) is 55.7 Å². The van der Waals surface area contributed by atoms with Gasteiger partial charge in [-0.1, -0.05) is 55.4 Å². The normalized spacial score (nSPS) is 25.8. The number of benzene rings is 2. The molecule has 8 N–H and O–H groups in total. The van der Waals surface area contributed by atoms with E-state index in [2.05, 4.69) is 21.3 Å². The highest BCUT2D eigenvalue weighted by Crippen LogP contribution is 2.38. The highest BCUT2D eigenvalue weighted by Gasteiger charge is 2.47. The first-order valence-corrected chi connectivity index (χ1v) is 32.3. The zero-order valence-corrected chi connectivity index (χ0v) is 57.3. The molecule has 1 aromatic rings. The van der Waals surface area contributed by atoms with E-state index < -0.39 is 202 Å². The largest absolute Gasteiger partial charge is 0.492 e. The fraction of sp³-hybridized carbons (Fsp3) is 0.631. The predicted molar refractivity (Wildman–Crippen MR) is 345 cm³/mol. The van der Waals surface area contributed by atoms with E-state index in [-0.39, 0.29) is 66.3 Å². The van der Waals surface area contributed by atoms with E-state index in [1.54, 1.807) is 69.2 Å². The zero-order valence-electron chi connectivity index (χ0n) is 57.3. The Morgan fingerprint density at radius 2 is 1.07 bits per heavy atom. The Balaban J connectivity index is 1.38. The van der Waals surface area contributed by atoms with Gasteiger partial charge in [0.05, 0.1) is 29.9 Å². The van der Waals surface area contributed by atoms with Crippen molar-refractivity contribution in [3.8, 4) is 17.2 Å². The van der Waals surface area contributed by atoms with Crippen LogP contribution < -0.4 is 42.9 Å². The lowest BCUT2D eigenvalue weighted by Crippen LogP contribution is -2.61. The third-order valence-corrected chi connectivity index (χ3v) is 18.2. The van der Waals surface area contributed by atoms with Gasteiger partial charge in [-0.3, -0.25) is 52.7 Å². The lowest BCUT2D eigenvalue weighted by molar-refractivity contribution is -0.163. The maximum absolute atomic E-state index is 15.5. The van der Waals surface area contributed by atoms with Crippen LogP contribution in [-0.4, -0.2) is 233 Å². The molecule has 4 fully saturated rings. The number of cyclic esters (lactones) is 2. The molecule has 520 valence electrons. The van der Waals surface area contributed by atoms with Crippen molar-refractivity contribution in [3.63, 3.8) is 0 Å². The summed E-state index contributed by atoms with van der Waals surface area (Å²) in [5, 5.41) is 10.7. The summed E-state index contributed by atoms with van der Waals surface area (Å²) < 4.78 is 24.6. The Bertz CT molecular complexity index is 3570. The SMILES string of the molecule is Cc1c2oc3c(C)c(OCC(C)N)cc(C(=O)N[C@@H]4C(=O)N[C@H](C(C)C)C(=O)N5CCC[C@H]5C(=O)N(C)CC(=O)N(C)[C@@H](C(C)C)C(=O)O[C@@H]4C)c3nc-2c(C(=O)N[C@@H]2C(=O)N[C@H](C(C)C)C(=O)N3CCC[C@H]3C(=O)N(C)CC(=O)N(C)[C@@H](C(C)C)C(=O)O[C@@H]2C)c(N)c1=O. The van der Waals surface area contributed by atoms with Gasteiger partial charge < -0.3 is 80.8 Å². The summed E-state index contributed by atoms with van der Waals surface area (Å²) in [6.45, 7) is 19.7. The minimum absolute atomic E-state index is 0.000628. The van der Waals surface area contributed by atoms with Crippen LogP contribution in [0.4, 0.5) is 5.69 Å². The number of carbonyl (C=O) groups is 12. The number of nitrogen functional groups attached to an aromatic ring is 1. The van der Waals surface area contributed by atoms with Gasteiger partial charge in [-0.05, 0) is 90.0 Å². The number of fused-ring (bicyclic) bond motifs is 4. The van der Waals surface area contributed by atoms with E-state index in [1.165, 1.54) is 74.6 Å². The van der Waals surface area contributed by atoms with Crippen LogP contribution in [0.2, 0.25) is 0 Å². The molecular weight excluding hydrogens is 1230 g/mol. The summed E-state index contributed by atoms with van der Waals surface area (Å²) in [7, 11) is 5.56. The average Bonchev–Trinajstić information content (AvgIpc) is 1.42. The third-order valence-electron chi connectivity index (χ3n) is 18.2. The van der Waals surface area contributed by atoms with Crippen molar-refractivity contribution in [2.45, 2.75) is 182 Å². The van der Waals surface area contributed by atoms with Crippen LogP contribution in [-0.2, 0) is 57.4 Å². The van der Waals surface area contributed by atoms with Crippen molar-refractivity contribution in [1.29, 1.82) is 0 Å². The molecule has 10 amide bonds. The summed E-state index contributed by atoms with van der Waals surface area (Å²) >= 11 is 0. The molecule has 30 heteroatoms. The number of hydrogen-bond donors (Lipinski definition) is 6. The third kappa shape index (κ3) is 15.3. The Morgan fingerprint density at radius 3 is 1.48 bits per heavy atom. The molecule has 0 aromatic heterocycles. The second kappa shape index (κ2) is 29.8. The number of ether oxygens (including phenoxy) is 3. The van der Waals surface area contributed by atoms with E-state index >= 15 is 14.4 Å². The first-order valence-electron chi connectivity index (χ1n) is 32.3. The molecule has 5 aliphatic heterocycles. The van der Waals surface area contributed by atoms with Crippen molar-refractivity contribution in [2.24, 2.45) is 29.4 Å². The van der Waals surface area contributed by atoms with Gasteiger partial charge in [0, 0.05) is 58.4 Å². The fourth-order valence-electron chi connectivity index (χ4n) is 12.7. The summed E-state index contributed by atoms with van der Waals surface area (Å²) in [4.78, 5) is 201. The number of nitrogens with one attached hydrogen (secondary N) is 4. The van der Waals surface area contributed by atoms with Crippen LogP contribution in [0, 0.1) is 37.5 Å². The highest BCUT2D eigenvalue weighted by molar-refractivity contribution is 6.11. The molecule has 5 heterocycles. The number of esters is 2. The van der Waals surface area contributed by atoms with Crippen LogP contribution in [0.15, 0.2) is 15.3 Å². The number of nitrogens with zero attached hydrogens (tertiary/aromatic N) is 7. The van der Waals surface area contributed by atoms with Crippen LogP contribution >= 0.6 is 0 Å². The Hall–Kier alpha value is -8.96. The molecule has 0 saturated carbocycles. The van der Waals surface area contributed by atoms with Gasteiger partial charge in [-0.15, -0.1) is 0 Å². The smallest absolute Gasteiger partial charge is 0.329 e. The number of hydrogen-bond acceptors (Lipinski definition) is 20. The number of aromatic nitrogens is 1. The number of aryl methyl sites for hydroxylation is 1. The molecule has 1 aromatic carbocycles. The molecule has 6 aliphatic rings. The van der Waals surface area contributed by atoms with Gasteiger partial charge >= 0.3 is 11.9 Å². The Labute approximate surface area is 551 Å². The van der Waals surface area contributed by atoms with Crippen molar-refractivity contribution in [3.05, 3.63) is 38.5 Å². The minimum Gasteiger partial charge on any atom is -0.492 e. The number of nitrogens with two attached hydrogens (primary N) is 2. The zero-order chi connectivity index (χ0) is 70.8. The summed E-state index contributed by atoms with van der Waals surface area (Å²) in [6, 6.07) is -10.3. The number of rotatable bonds is 11. The lowest BCUT2D eigenvalue weighted by atomic mass is 9.98. The molecule has 0 spiro atoms.